The van der Waals surface area contributed by atoms with Crippen LogP contribution in [0.5, 0.6) is 11.5 Å². The third-order valence-electron chi connectivity index (χ3n) is 4.30. The first-order valence-electron chi connectivity index (χ1n) is 9.22. The molecule has 5 nitrogen and oxygen atoms in total. The highest BCUT2D eigenvalue weighted by atomic mass is 35.5. The summed E-state index contributed by atoms with van der Waals surface area (Å²) in [6.45, 7) is 6.79. The first-order valence-corrected chi connectivity index (χ1v) is 9.60. The van der Waals surface area contributed by atoms with Crippen molar-refractivity contribution in [1.29, 1.82) is 0 Å². The first-order chi connectivity index (χ1) is 13.9. The van der Waals surface area contributed by atoms with Gasteiger partial charge in [0.1, 0.15) is 11.5 Å². The highest BCUT2D eigenvalue weighted by molar-refractivity contribution is 6.31. The molecule has 2 rings (SSSR count). The molecule has 0 saturated heterocycles. The lowest BCUT2D eigenvalue weighted by Crippen LogP contribution is -2.50. The van der Waals surface area contributed by atoms with Gasteiger partial charge in [-0.05, 0) is 45.1 Å². The number of allylic oxidation sites excluding steroid dienone is 2. The molecule has 1 heterocycles. The van der Waals surface area contributed by atoms with Crippen LogP contribution in [0.3, 0.4) is 0 Å². The Morgan fingerprint density at radius 3 is 2.53 bits per heavy atom. The lowest BCUT2D eigenvalue weighted by atomic mass is 10.0. The zero-order valence-electron chi connectivity index (χ0n) is 16.9. The summed E-state index contributed by atoms with van der Waals surface area (Å²) in [6, 6.07) is 4.81. The average Bonchev–Trinajstić information content (AvgIpc) is 2.63. The second-order valence-electron chi connectivity index (χ2n) is 7.02. The lowest BCUT2D eigenvalue weighted by molar-refractivity contribution is -0.132. The average molecular weight is 446 g/mol. The van der Waals surface area contributed by atoms with Gasteiger partial charge >= 0.3 is 12.1 Å². The van der Waals surface area contributed by atoms with Crippen molar-refractivity contribution in [3.8, 4) is 11.5 Å². The minimum atomic E-state index is -4.56. The molecule has 2 N–H and O–H groups in total. The van der Waals surface area contributed by atoms with Crippen LogP contribution in [-0.4, -0.2) is 29.1 Å². The molecule has 0 aliphatic carbocycles. The molecule has 0 bridgehead atoms. The number of benzene rings is 1. The fourth-order valence-corrected chi connectivity index (χ4v) is 3.04. The molecule has 0 saturated carbocycles. The number of halogens is 4. The van der Waals surface area contributed by atoms with Crippen LogP contribution in [0.4, 0.5) is 13.2 Å². The SMILES string of the molecule is CCC1(Oc2cc(OC(C)C)ccc2/C=C(\C)C(=O)O)NC=C(C(F)(F)F)C=C1Cl. The van der Waals surface area contributed by atoms with Crippen molar-refractivity contribution in [3.63, 3.8) is 0 Å². The minimum Gasteiger partial charge on any atom is -0.491 e. The fraction of sp³-hybridized carbons (Fsp3) is 0.381. The molecular formula is C21H23ClF3NO4. The third kappa shape index (κ3) is 5.50. The number of carboxylic acid groups (broad SMARTS) is 1. The van der Waals surface area contributed by atoms with E-state index in [1.807, 2.05) is 13.8 Å². The summed E-state index contributed by atoms with van der Waals surface area (Å²) in [5, 5.41) is 11.6. The summed E-state index contributed by atoms with van der Waals surface area (Å²) in [5.74, 6) is -0.447. The highest BCUT2D eigenvalue weighted by Gasteiger charge is 2.42. The smallest absolute Gasteiger partial charge is 0.417 e. The lowest BCUT2D eigenvalue weighted by Gasteiger charge is -2.37. The Labute approximate surface area is 177 Å². The number of carboxylic acids is 1. The number of dihydropyridines is 1. The number of nitrogens with one attached hydrogen (secondary N) is 1. The summed E-state index contributed by atoms with van der Waals surface area (Å²) in [7, 11) is 0. The molecule has 1 aliphatic rings. The van der Waals surface area contributed by atoms with E-state index in [1.54, 1.807) is 25.1 Å². The van der Waals surface area contributed by atoms with Gasteiger partial charge in [-0.25, -0.2) is 4.79 Å². The Morgan fingerprint density at radius 1 is 1.37 bits per heavy atom. The highest BCUT2D eigenvalue weighted by Crippen LogP contribution is 2.39. The van der Waals surface area contributed by atoms with E-state index >= 15 is 0 Å². The molecule has 164 valence electrons. The topological polar surface area (TPSA) is 67.8 Å². The second kappa shape index (κ2) is 9.04. The van der Waals surface area contributed by atoms with Gasteiger partial charge in [0.2, 0.25) is 5.72 Å². The van der Waals surface area contributed by atoms with Crippen molar-refractivity contribution in [2.45, 2.75) is 52.1 Å². The van der Waals surface area contributed by atoms with Crippen LogP contribution in [0, 0.1) is 0 Å². The van der Waals surface area contributed by atoms with Gasteiger partial charge in [0.15, 0.2) is 0 Å². The fourth-order valence-electron chi connectivity index (χ4n) is 2.69. The molecule has 1 atom stereocenters. The maximum absolute atomic E-state index is 13.0. The first kappa shape index (κ1) is 23.7. The van der Waals surface area contributed by atoms with Crippen LogP contribution < -0.4 is 14.8 Å². The van der Waals surface area contributed by atoms with Gasteiger partial charge < -0.3 is 19.9 Å². The van der Waals surface area contributed by atoms with Crippen LogP contribution in [0.15, 0.2) is 46.7 Å². The molecule has 1 aromatic carbocycles. The van der Waals surface area contributed by atoms with Crippen molar-refractivity contribution < 1.29 is 32.5 Å². The molecule has 1 aromatic rings. The molecule has 1 unspecified atom stereocenters. The van der Waals surface area contributed by atoms with Gasteiger partial charge in [0, 0.05) is 29.8 Å². The summed E-state index contributed by atoms with van der Waals surface area (Å²) < 4.78 is 50.8. The van der Waals surface area contributed by atoms with E-state index in [9.17, 15) is 23.1 Å². The van der Waals surface area contributed by atoms with Gasteiger partial charge in [-0.1, -0.05) is 18.5 Å². The number of carbonyl (C=O) groups is 1. The largest absolute Gasteiger partial charge is 0.491 e. The van der Waals surface area contributed by atoms with E-state index in [2.05, 4.69) is 5.32 Å². The van der Waals surface area contributed by atoms with Gasteiger partial charge in [0.25, 0.3) is 0 Å². The second-order valence-corrected chi connectivity index (χ2v) is 7.42. The summed E-state index contributed by atoms with van der Waals surface area (Å²) in [4.78, 5) is 11.2. The Balaban J connectivity index is 2.50. The summed E-state index contributed by atoms with van der Waals surface area (Å²) in [6.07, 6.45) is -1.48. The van der Waals surface area contributed by atoms with Crippen molar-refractivity contribution in [2.75, 3.05) is 0 Å². The number of hydrogen-bond donors (Lipinski definition) is 2. The van der Waals surface area contributed by atoms with Gasteiger partial charge in [-0.3, -0.25) is 0 Å². The Hall–Kier alpha value is -2.61. The monoisotopic (exact) mass is 445 g/mol. The van der Waals surface area contributed by atoms with E-state index in [4.69, 9.17) is 21.1 Å². The molecule has 30 heavy (non-hydrogen) atoms. The van der Waals surface area contributed by atoms with Crippen LogP contribution in [0.25, 0.3) is 6.08 Å². The maximum atomic E-state index is 13.0. The molecular weight excluding hydrogens is 423 g/mol. The molecule has 9 heteroatoms. The predicted molar refractivity (Wildman–Crippen MR) is 108 cm³/mol. The zero-order chi connectivity index (χ0) is 22.7. The number of alkyl halides is 3. The van der Waals surface area contributed by atoms with E-state index in [0.29, 0.717) is 11.3 Å². The van der Waals surface area contributed by atoms with Crippen molar-refractivity contribution >= 4 is 23.6 Å². The quantitative estimate of drug-likeness (QED) is 0.533. The predicted octanol–water partition coefficient (Wildman–Crippen LogP) is 5.62. The molecule has 1 aliphatic heterocycles. The van der Waals surface area contributed by atoms with E-state index in [1.165, 1.54) is 13.0 Å². The van der Waals surface area contributed by atoms with Gasteiger partial charge in [-0.2, -0.15) is 13.2 Å². The van der Waals surface area contributed by atoms with Gasteiger partial charge in [0.05, 0.1) is 16.7 Å². The van der Waals surface area contributed by atoms with E-state index < -0.39 is 23.4 Å². The summed E-state index contributed by atoms with van der Waals surface area (Å²) >= 11 is 6.21. The van der Waals surface area contributed by atoms with Crippen molar-refractivity contribution in [3.05, 3.63) is 52.2 Å². The molecule has 0 amide bonds. The standard InChI is InChI=1S/C21H23ClF3NO4/c1-5-20(18(22)9-15(11-26-20)21(23,24)25)30-17-10-16(29-12(2)3)7-6-14(17)8-13(4)19(27)28/h6-12,26H,5H2,1-4H3,(H,27,28)/b13-8+. The van der Waals surface area contributed by atoms with Crippen LogP contribution in [0.1, 0.15) is 39.7 Å². The summed E-state index contributed by atoms with van der Waals surface area (Å²) in [5.41, 5.74) is -1.91. The number of aliphatic carboxylic acids is 1. The van der Waals surface area contributed by atoms with Gasteiger partial charge in [-0.15, -0.1) is 0 Å². The van der Waals surface area contributed by atoms with Crippen molar-refractivity contribution in [2.24, 2.45) is 0 Å². The van der Waals surface area contributed by atoms with Crippen LogP contribution in [-0.2, 0) is 4.79 Å². The Morgan fingerprint density at radius 2 is 2.03 bits per heavy atom. The molecule has 0 fully saturated rings. The van der Waals surface area contributed by atoms with E-state index in [-0.39, 0.29) is 28.9 Å². The number of hydrogen-bond acceptors (Lipinski definition) is 4. The Bertz CT molecular complexity index is 906. The van der Waals surface area contributed by atoms with E-state index in [0.717, 1.165) is 12.3 Å². The van der Waals surface area contributed by atoms with Crippen molar-refractivity contribution in [1.82, 2.24) is 5.32 Å². The molecule has 0 spiro atoms. The van der Waals surface area contributed by atoms with Crippen LogP contribution in [0.2, 0.25) is 0 Å². The molecule has 0 aromatic heterocycles. The number of ether oxygens (including phenoxy) is 2. The third-order valence-corrected chi connectivity index (χ3v) is 4.72. The Kier molecular flexibility index (Phi) is 7.13. The normalized spacial score (nSPS) is 19.7. The number of rotatable bonds is 7. The zero-order valence-corrected chi connectivity index (χ0v) is 17.7. The van der Waals surface area contributed by atoms with Crippen LogP contribution >= 0.6 is 11.6 Å². The maximum Gasteiger partial charge on any atom is 0.417 e. The molecule has 0 radical (unpaired) electrons. The minimum absolute atomic E-state index is 0.0559.